The zero-order chi connectivity index (χ0) is 12.1. The van der Waals surface area contributed by atoms with Gasteiger partial charge in [0.05, 0.1) is 0 Å². The summed E-state index contributed by atoms with van der Waals surface area (Å²) in [5.74, 6) is 0. The van der Waals surface area contributed by atoms with E-state index in [0.29, 0.717) is 0 Å². The number of nitrogens with one attached hydrogen (secondary N) is 1. The van der Waals surface area contributed by atoms with Crippen LogP contribution < -0.4 is 5.32 Å². The summed E-state index contributed by atoms with van der Waals surface area (Å²) in [6.07, 6.45) is 4.59. The minimum absolute atomic E-state index is 0.266. The summed E-state index contributed by atoms with van der Waals surface area (Å²) in [6.45, 7) is 0. The second kappa shape index (κ2) is 5.80. The molecule has 2 rings (SSSR count). The van der Waals surface area contributed by atoms with E-state index in [9.17, 15) is 0 Å². The normalized spacial score (nSPS) is 12.4. The van der Waals surface area contributed by atoms with Crippen LogP contribution in [0.1, 0.15) is 17.2 Å². The molecule has 0 aliphatic carbocycles. The van der Waals surface area contributed by atoms with Crippen molar-refractivity contribution in [3.8, 4) is 0 Å². The Balaban J connectivity index is 2.16. The van der Waals surface area contributed by atoms with Crippen LogP contribution in [0.3, 0.4) is 0 Å². The van der Waals surface area contributed by atoms with Crippen LogP contribution in [0, 0.1) is 0 Å². The Hall–Kier alpha value is -1.38. The molecule has 1 N–H and O–H groups in total. The van der Waals surface area contributed by atoms with Crippen LogP contribution in [0.15, 0.2) is 48.8 Å². The van der Waals surface area contributed by atoms with Gasteiger partial charge in [-0.25, -0.2) is 0 Å². The van der Waals surface area contributed by atoms with Gasteiger partial charge in [0.25, 0.3) is 0 Å². The van der Waals surface area contributed by atoms with Crippen LogP contribution in [0.2, 0.25) is 5.02 Å². The van der Waals surface area contributed by atoms with E-state index in [1.807, 2.05) is 37.5 Å². The molecule has 1 aromatic carbocycles. The van der Waals surface area contributed by atoms with Gasteiger partial charge in [-0.1, -0.05) is 29.8 Å². The molecule has 88 valence electrons. The van der Waals surface area contributed by atoms with Crippen molar-refractivity contribution >= 4 is 11.6 Å². The Kier molecular flexibility index (Phi) is 4.13. The van der Waals surface area contributed by atoms with Crippen LogP contribution in [-0.2, 0) is 6.42 Å². The van der Waals surface area contributed by atoms with Crippen molar-refractivity contribution in [1.29, 1.82) is 0 Å². The number of rotatable bonds is 4. The molecule has 0 bridgehead atoms. The number of pyridine rings is 1. The number of likely N-dealkylation sites (N-methyl/N-ethyl adjacent to an activating group) is 1. The molecule has 0 spiro atoms. The minimum atomic E-state index is 0.266. The van der Waals surface area contributed by atoms with Crippen molar-refractivity contribution in [2.75, 3.05) is 7.05 Å². The lowest BCUT2D eigenvalue weighted by molar-refractivity contribution is 0.590. The highest BCUT2D eigenvalue weighted by atomic mass is 35.5. The molecule has 1 aromatic heterocycles. The standard InChI is InChI=1S/C14H15ClN2/c1-16-14(12-5-3-7-17-10-12)9-11-4-2-6-13(15)8-11/h2-8,10,14,16H,9H2,1H3. The van der Waals surface area contributed by atoms with Gasteiger partial charge in [-0.2, -0.15) is 0 Å². The van der Waals surface area contributed by atoms with Gasteiger partial charge in [0.2, 0.25) is 0 Å². The summed E-state index contributed by atoms with van der Waals surface area (Å²) in [4.78, 5) is 4.15. The predicted octanol–water partition coefficient (Wildman–Crippen LogP) is 3.24. The molecule has 0 aliphatic heterocycles. The van der Waals surface area contributed by atoms with E-state index in [4.69, 9.17) is 11.6 Å². The van der Waals surface area contributed by atoms with Gasteiger partial charge in [-0.05, 0) is 42.8 Å². The number of benzene rings is 1. The van der Waals surface area contributed by atoms with E-state index in [1.54, 1.807) is 6.20 Å². The third-order valence-corrected chi connectivity index (χ3v) is 3.00. The van der Waals surface area contributed by atoms with Gasteiger partial charge < -0.3 is 5.32 Å². The molecule has 0 saturated heterocycles. The molecule has 3 heteroatoms. The SMILES string of the molecule is CNC(Cc1cccc(Cl)c1)c1cccnc1. The largest absolute Gasteiger partial charge is 0.313 e. The Bertz CT molecular complexity index is 471. The van der Waals surface area contributed by atoms with Gasteiger partial charge in [-0.15, -0.1) is 0 Å². The lowest BCUT2D eigenvalue weighted by Crippen LogP contribution is -2.18. The van der Waals surface area contributed by atoms with Crippen molar-refractivity contribution in [2.45, 2.75) is 12.5 Å². The highest BCUT2D eigenvalue weighted by Crippen LogP contribution is 2.19. The molecule has 1 heterocycles. The maximum absolute atomic E-state index is 5.98. The summed E-state index contributed by atoms with van der Waals surface area (Å²) in [6, 6.07) is 12.3. The van der Waals surface area contributed by atoms with E-state index >= 15 is 0 Å². The van der Waals surface area contributed by atoms with Crippen molar-refractivity contribution in [1.82, 2.24) is 10.3 Å². The Morgan fingerprint density at radius 1 is 1.29 bits per heavy atom. The summed E-state index contributed by atoms with van der Waals surface area (Å²) in [5, 5.41) is 4.08. The third kappa shape index (κ3) is 3.29. The van der Waals surface area contributed by atoms with Crippen molar-refractivity contribution in [3.63, 3.8) is 0 Å². The Morgan fingerprint density at radius 3 is 2.82 bits per heavy atom. The molecule has 0 fully saturated rings. The van der Waals surface area contributed by atoms with Crippen LogP contribution in [-0.4, -0.2) is 12.0 Å². The Morgan fingerprint density at radius 2 is 2.18 bits per heavy atom. The first-order chi connectivity index (χ1) is 8.29. The molecule has 2 aromatic rings. The van der Waals surface area contributed by atoms with Gasteiger partial charge in [0.15, 0.2) is 0 Å². The van der Waals surface area contributed by atoms with Crippen molar-refractivity contribution in [2.24, 2.45) is 0 Å². The highest BCUT2D eigenvalue weighted by molar-refractivity contribution is 6.30. The van der Waals surface area contributed by atoms with E-state index in [0.717, 1.165) is 11.4 Å². The number of aromatic nitrogens is 1. The molecule has 1 unspecified atom stereocenters. The summed E-state index contributed by atoms with van der Waals surface area (Å²) >= 11 is 5.98. The lowest BCUT2D eigenvalue weighted by atomic mass is 10.0. The zero-order valence-electron chi connectivity index (χ0n) is 9.73. The second-order valence-corrected chi connectivity index (χ2v) is 4.40. The monoisotopic (exact) mass is 246 g/mol. The molecule has 1 atom stereocenters. The van der Waals surface area contributed by atoms with E-state index in [-0.39, 0.29) is 6.04 Å². The third-order valence-electron chi connectivity index (χ3n) is 2.76. The second-order valence-electron chi connectivity index (χ2n) is 3.96. The summed E-state index contributed by atoms with van der Waals surface area (Å²) < 4.78 is 0. The number of halogens is 1. The quantitative estimate of drug-likeness (QED) is 0.896. The van der Waals surface area contributed by atoms with Crippen molar-refractivity contribution < 1.29 is 0 Å². The molecule has 0 aliphatic rings. The molecule has 0 amide bonds. The average Bonchev–Trinajstić information content (AvgIpc) is 2.37. The molecular formula is C14H15ClN2. The van der Waals surface area contributed by atoms with Crippen LogP contribution >= 0.6 is 11.6 Å². The topological polar surface area (TPSA) is 24.9 Å². The first kappa shape index (κ1) is 12.1. The van der Waals surface area contributed by atoms with Crippen molar-refractivity contribution in [3.05, 3.63) is 64.9 Å². The van der Waals surface area contributed by atoms with Gasteiger partial charge in [-0.3, -0.25) is 4.98 Å². The molecule has 0 radical (unpaired) electrons. The van der Waals surface area contributed by atoms with E-state index < -0.39 is 0 Å². The van der Waals surface area contributed by atoms with Crippen LogP contribution in [0.4, 0.5) is 0 Å². The van der Waals surface area contributed by atoms with Gasteiger partial charge >= 0.3 is 0 Å². The predicted molar refractivity (Wildman–Crippen MR) is 71.2 cm³/mol. The smallest absolute Gasteiger partial charge is 0.0408 e. The average molecular weight is 247 g/mol. The first-order valence-corrected chi connectivity index (χ1v) is 5.99. The minimum Gasteiger partial charge on any atom is -0.313 e. The van der Waals surface area contributed by atoms with Gasteiger partial charge in [0, 0.05) is 23.5 Å². The fourth-order valence-corrected chi connectivity index (χ4v) is 2.08. The first-order valence-electron chi connectivity index (χ1n) is 5.61. The lowest BCUT2D eigenvalue weighted by Gasteiger charge is -2.16. The zero-order valence-corrected chi connectivity index (χ0v) is 10.5. The van der Waals surface area contributed by atoms with Crippen LogP contribution in [0.25, 0.3) is 0 Å². The maximum Gasteiger partial charge on any atom is 0.0408 e. The van der Waals surface area contributed by atoms with Crippen LogP contribution in [0.5, 0.6) is 0 Å². The van der Waals surface area contributed by atoms with Gasteiger partial charge in [0.1, 0.15) is 0 Å². The molecule has 17 heavy (non-hydrogen) atoms. The number of hydrogen-bond donors (Lipinski definition) is 1. The molecule has 2 nitrogen and oxygen atoms in total. The van der Waals surface area contributed by atoms with E-state index in [2.05, 4.69) is 22.4 Å². The fraction of sp³-hybridized carbons (Fsp3) is 0.214. The summed E-state index contributed by atoms with van der Waals surface area (Å²) in [5.41, 5.74) is 2.41. The maximum atomic E-state index is 5.98. The fourth-order valence-electron chi connectivity index (χ4n) is 1.87. The Labute approximate surface area is 107 Å². The highest BCUT2D eigenvalue weighted by Gasteiger charge is 2.09. The summed E-state index contributed by atoms with van der Waals surface area (Å²) in [7, 11) is 1.96. The van der Waals surface area contributed by atoms with E-state index in [1.165, 1.54) is 11.1 Å². The molecule has 0 saturated carbocycles. The number of hydrogen-bond acceptors (Lipinski definition) is 2. The molecular weight excluding hydrogens is 232 g/mol. The number of nitrogens with zero attached hydrogens (tertiary/aromatic N) is 1.